The van der Waals surface area contributed by atoms with Crippen molar-refractivity contribution in [3.8, 4) is 17.1 Å². The predicted octanol–water partition coefficient (Wildman–Crippen LogP) is 5.71. The number of halogens is 1. The van der Waals surface area contributed by atoms with Gasteiger partial charge in [0.25, 0.3) is 5.69 Å². The fraction of sp³-hybridized carbons (Fsp3) is 0.323. The van der Waals surface area contributed by atoms with Crippen LogP contribution in [0.5, 0.6) is 5.88 Å². The molecule has 1 aliphatic rings. The van der Waals surface area contributed by atoms with E-state index >= 15 is 0 Å². The number of aromatic nitrogens is 2. The first-order chi connectivity index (χ1) is 20.7. The number of aromatic amines is 1. The molecule has 3 aromatic rings. The number of carbonyl (C=O) groups is 2. The maximum absolute atomic E-state index is 13.5. The average Bonchev–Trinajstić information content (AvgIpc) is 3.46. The molecule has 0 radical (unpaired) electrons. The zero-order valence-corrected chi connectivity index (χ0v) is 24.1. The molecule has 0 saturated heterocycles. The Morgan fingerprint density at radius 3 is 2.35 bits per heavy atom. The van der Waals surface area contributed by atoms with E-state index in [1.54, 1.807) is 38.1 Å². The van der Waals surface area contributed by atoms with Crippen molar-refractivity contribution in [2.24, 2.45) is 0 Å². The molecule has 2 aromatic carbocycles. The molecule has 0 bridgehead atoms. The number of methoxy groups -OCH3 is 1. The minimum absolute atomic E-state index is 0.157. The molecule has 0 fully saturated rings. The molecule has 0 aliphatic carbocycles. The lowest BCUT2D eigenvalue weighted by Crippen LogP contribution is -2.32. The number of dihydropyridines is 1. The number of ether oxygens (including phenoxy) is 3. The zero-order chi connectivity index (χ0) is 30.9. The van der Waals surface area contributed by atoms with Crippen LogP contribution in [0.25, 0.3) is 11.3 Å². The number of non-ortho nitro benzene ring substituents is 1. The fourth-order valence-electron chi connectivity index (χ4n) is 4.95. The smallest absolute Gasteiger partial charge is 0.336 e. The summed E-state index contributed by atoms with van der Waals surface area (Å²) < 4.78 is 29.7. The first-order valence-electron chi connectivity index (χ1n) is 13.8. The van der Waals surface area contributed by atoms with Gasteiger partial charge in [-0.3, -0.25) is 15.2 Å². The molecule has 226 valence electrons. The molecule has 1 unspecified atom stereocenters. The summed E-state index contributed by atoms with van der Waals surface area (Å²) in [5.41, 5.74) is 2.93. The van der Waals surface area contributed by atoms with Crippen LogP contribution in [0, 0.1) is 15.9 Å². The Labute approximate surface area is 247 Å². The van der Waals surface area contributed by atoms with E-state index in [9.17, 15) is 24.1 Å². The van der Waals surface area contributed by atoms with Crippen molar-refractivity contribution in [1.29, 1.82) is 0 Å². The number of esters is 2. The normalized spacial score (nSPS) is 14.7. The van der Waals surface area contributed by atoms with Gasteiger partial charge in [0.05, 0.1) is 48.0 Å². The lowest BCUT2D eigenvalue weighted by molar-refractivity contribution is -0.384. The number of carbonyl (C=O) groups excluding carboxylic acids is 2. The molecular weight excluding hydrogens is 559 g/mol. The van der Waals surface area contributed by atoms with Crippen LogP contribution < -0.4 is 10.1 Å². The van der Waals surface area contributed by atoms with Gasteiger partial charge in [-0.2, -0.15) is 0 Å². The fourth-order valence-corrected chi connectivity index (χ4v) is 4.95. The number of rotatable bonds is 13. The van der Waals surface area contributed by atoms with Crippen LogP contribution in [0.2, 0.25) is 0 Å². The number of nitrogens with one attached hydrogen (secondary N) is 2. The molecule has 12 heteroatoms. The summed E-state index contributed by atoms with van der Waals surface area (Å²) in [6, 6.07) is 13.7. The van der Waals surface area contributed by atoms with E-state index in [0.29, 0.717) is 47.1 Å². The molecule has 1 aliphatic heterocycles. The van der Waals surface area contributed by atoms with E-state index in [2.05, 4.69) is 15.5 Å². The van der Waals surface area contributed by atoms with E-state index in [4.69, 9.17) is 14.2 Å². The second kappa shape index (κ2) is 14.3. The van der Waals surface area contributed by atoms with Gasteiger partial charge in [-0.25, -0.2) is 14.0 Å². The summed E-state index contributed by atoms with van der Waals surface area (Å²) in [5.74, 6) is -2.08. The molecule has 43 heavy (non-hydrogen) atoms. The molecule has 2 heterocycles. The third kappa shape index (κ3) is 7.64. The summed E-state index contributed by atoms with van der Waals surface area (Å²) in [7, 11) is 1.24. The third-order valence-electron chi connectivity index (χ3n) is 7.01. The maximum atomic E-state index is 13.5. The number of H-pyrrole nitrogens is 1. The number of benzene rings is 2. The summed E-state index contributed by atoms with van der Waals surface area (Å²) >= 11 is 0. The Hall–Kier alpha value is -5.00. The van der Waals surface area contributed by atoms with Crippen molar-refractivity contribution in [3.63, 3.8) is 0 Å². The third-order valence-corrected chi connectivity index (χ3v) is 7.01. The number of nitro benzene ring substituents is 1. The highest BCUT2D eigenvalue weighted by atomic mass is 19.1. The van der Waals surface area contributed by atoms with E-state index in [1.165, 1.54) is 37.4 Å². The van der Waals surface area contributed by atoms with Crippen LogP contribution >= 0.6 is 0 Å². The summed E-state index contributed by atoms with van der Waals surface area (Å²) in [6.45, 7) is 3.98. The predicted molar refractivity (Wildman–Crippen MR) is 155 cm³/mol. The van der Waals surface area contributed by atoms with Crippen LogP contribution in [0.1, 0.15) is 51.0 Å². The Morgan fingerprint density at radius 1 is 0.953 bits per heavy atom. The van der Waals surface area contributed by atoms with Gasteiger partial charge in [0.2, 0.25) is 5.88 Å². The molecule has 1 atom stereocenters. The highest BCUT2D eigenvalue weighted by molar-refractivity contribution is 5.99. The monoisotopic (exact) mass is 592 g/mol. The average molecular weight is 593 g/mol. The Morgan fingerprint density at radius 2 is 1.65 bits per heavy atom. The largest absolute Gasteiger partial charge is 0.477 e. The van der Waals surface area contributed by atoms with Crippen molar-refractivity contribution >= 4 is 17.6 Å². The van der Waals surface area contributed by atoms with Crippen molar-refractivity contribution in [2.75, 3.05) is 20.3 Å². The summed E-state index contributed by atoms with van der Waals surface area (Å²) in [5, 5.41) is 21.4. The highest BCUT2D eigenvalue weighted by Crippen LogP contribution is 2.40. The number of allylic oxidation sites excluding steroid dienone is 2. The Bertz CT molecular complexity index is 1560. The van der Waals surface area contributed by atoms with Crippen molar-refractivity contribution in [1.82, 2.24) is 15.5 Å². The summed E-state index contributed by atoms with van der Waals surface area (Å²) in [6.07, 6.45) is 2.97. The molecular formula is C31H33FN4O7. The van der Waals surface area contributed by atoms with Crippen LogP contribution in [0.15, 0.2) is 77.1 Å². The van der Waals surface area contributed by atoms with Crippen LogP contribution in [0.3, 0.4) is 0 Å². The van der Waals surface area contributed by atoms with Crippen LogP contribution in [-0.4, -0.2) is 47.4 Å². The Kier molecular flexibility index (Phi) is 10.3. The van der Waals surface area contributed by atoms with Gasteiger partial charge >= 0.3 is 11.9 Å². The highest BCUT2D eigenvalue weighted by Gasteiger charge is 2.38. The zero-order valence-electron chi connectivity index (χ0n) is 24.1. The first kappa shape index (κ1) is 30.9. The molecule has 4 rings (SSSR count). The lowest BCUT2D eigenvalue weighted by atomic mass is 9.80. The van der Waals surface area contributed by atoms with Gasteiger partial charge in [0, 0.05) is 35.2 Å². The SMILES string of the molecule is COC(=O)C1=C(C)NC(C)=C(C(=O)OCCCCCCOc2cc(-c3cccc(F)c3)[nH]n2)C1c1cccc([N+](=O)[O-])c1. The van der Waals surface area contributed by atoms with E-state index in [-0.39, 0.29) is 29.3 Å². The van der Waals surface area contributed by atoms with Crippen molar-refractivity contribution in [3.05, 3.63) is 98.6 Å². The lowest BCUT2D eigenvalue weighted by Gasteiger charge is -2.30. The molecule has 0 amide bonds. The van der Waals surface area contributed by atoms with E-state index < -0.39 is 22.8 Å². The maximum Gasteiger partial charge on any atom is 0.336 e. The van der Waals surface area contributed by atoms with Gasteiger partial charge in [-0.15, -0.1) is 5.10 Å². The first-order valence-corrected chi connectivity index (χ1v) is 13.8. The van der Waals surface area contributed by atoms with E-state index in [0.717, 1.165) is 19.3 Å². The number of nitro groups is 1. The number of hydrogen-bond donors (Lipinski definition) is 2. The minimum Gasteiger partial charge on any atom is -0.477 e. The number of nitrogens with zero attached hydrogens (tertiary/aromatic N) is 2. The van der Waals surface area contributed by atoms with Crippen LogP contribution in [0.4, 0.5) is 10.1 Å². The standard InChI is InChI=1S/C31H33FN4O7/c1-19-27(30(37)41-3)29(22-11-9-13-24(17-22)36(39)40)28(20(2)33-19)31(38)43-15-7-5-4-6-14-42-26-18-25(34-35-26)21-10-8-12-23(32)16-21/h8-13,16-18,29,33H,4-7,14-15H2,1-3H3,(H,34,35). The molecule has 0 saturated carbocycles. The molecule has 11 nitrogen and oxygen atoms in total. The van der Waals surface area contributed by atoms with Gasteiger partial charge < -0.3 is 19.5 Å². The molecule has 1 aromatic heterocycles. The summed E-state index contributed by atoms with van der Waals surface area (Å²) in [4.78, 5) is 37.0. The van der Waals surface area contributed by atoms with E-state index in [1.807, 2.05) is 0 Å². The van der Waals surface area contributed by atoms with Crippen molar-refractivity contribution < 1.29 is 33.1 Å². The van der Waals surface area contributed by atoms with Crippen LogP contribution in [-0.2, 0) is 19.1 Å². The van der Waals surface area contributed by atoms with Gasteiger partial charge in [-0.1, -0.05) is 24.3 Å². The van der Waals surface area contributed by atoms with Gasteiger partial charge in [-0.05, 0) is 57.2 Å². The number of hydrogen-bond acceptors (Lipinski definition) is 9. The molecule has 2 N–H and O–H groups in total. The minimum atomic E-state index is -0.901. The quantitative estimate of drug-likeness (QED) is 0.110. The molecule has 0 spiro atoms. The second-order valence-electron chi connectivity index (χ2n) is 10.0. The van der Waals surface area contributed by atoms with Gasteiger partial charge in [0.1, 0.15) is 5.82 Å². The Balaban J connectivity index is 1.29. The second-order valence-corrected chi connectivity index (χ2v) is 10.0. The van der Waals surface area contributed by atoms with Crippen molar-refractivity contribution in [2.45, 2.75) is 45.4 Å². The number of unbranched alkanes of at least 4 members (excludes halogenated alkanes) is 3. The van der Waals surface area contributed by atoms with Gasteiger partial charge in [0.15, 0.2) is 0 Å². The topological polar surface area (TPSA) is 146 Å².